The average molecular weight is 237 g/mol. The molecule has 0 spiro atoms. The van der Waals surface area contributed by atoms with Crippen LogP contribution in [-0.4, -0.2) is 35.8 Å². The summed E-state index contributed by atoms with van der Waals surface area (Å²) in [7, 11) is 0. The summed E-state index contributed by atoms with van der Waals surface area (Å²) >= 11 is 0. The smallest absolute Gasteiger partial charge is 0.290 e. The van der Waals surface area contributed by atoms with E-state index in [4.69, 9.17) is 0 Å². The average Bonchev–Trinajstić information content (AvgIpc) is 2.29. The van der Waals surface area contributed by atoms with Crippen LogP contribution in [0.3, 0.4) is 0 Å². The van der Waals surface area contributed by atoms with Gasteiger partial charge in [-0.25, -0.2) is 4.99 Å². The molecule has 17 heavy (non-hydrogen) atoms. The molecule has 0 aromatic carbocycles. The first-order chi connectivity index (χ1) is 8.08. The number of carbonyl (C=O) groups excluding carboxylic acids is 3. The predicted octanol–water partition coefficient (Wildman–Crippen LogP) is -2.46. The first kappa shape index (κ1) is 11.1. The van der Waals surface area contributed by atoms with Crippen molar-refractivity contribution in [3.8, 4) is 0 Å². The van der Waals surface area contributed by atoms with Crippen molar-refractivity contribution < 1.29 is 14.4 Å². The molecule has 2 aliphatic rings. The fourth-order valence-corrected chi connectivity index (χ4v) is 1.45. The Morgan fingerprint density at radius 1 is 1.41 bits per heavy atom. The van der Waals surface area contributed by atoms with Crippen LogP contribution < -0.4 is 21.3 Å². The number of hydrogen-bond donors (Lipinski definition) is 4. The minimum Gasteiger partial charge on any atom is -0.372 e. The van der Waals surface area contributed by atoms with E-state index in [9.17, 15) is 14.4 Å². The van der Waals surface area contributed by atoms with Gasteiger partial charge in [-0.1, -0.05) is 0 Å². The van der Waals surface area contributed by atoms with Gasteiger partial charge in [-0.3, -0.25) is 14.4 Å². The molecule has 8 heteroatoms. The fourth-order valence-electron chi connectivity index (χ4n) is 1.45. The molecule has 90 valence electrons. The molecule has 1 saturated heterocycles. The zero-order valence-corrected chi connectivity index (χ0v) is 8.98. The number of fused-ring (bicyclic) bond motifs is 1. The molecule has 0 radical (unpaired) electrons. The van der Waals surface area contributed by atoms with Gasteiger partial charge in [0.05, 0.1) is 0 Å². The van der Waals surface area contributed by atoms with Gasteiger partial charge in [0, 0.05) is 19.3 Å². The molecular formula is C9H11N5O3. The highest BCUT2D eigenvalue weighted by atomic mass is 16.2. The van der Waals surface area contributed by atoms with Crippen LogP contribution in [0.25, 0.3) is 0 Å². The second-order valence-corrected chi connectivity index (χ2v) is 3.55. The zero-order chi connectivity index (χ0) is 12.4. The van der Waals surface area contributed by atoms with Crippen LogP contribution in [0, 0.1) is 0 Å². The summed E-state index contributed by atoms with van der Waals surface area (Å²) < 4.78 is 0. The highest BCUT2D eigenvalue weighted by Gasteiger charge is 2.34. The highest BCUT2D eigenvalue weighted by Crippen LogP contribution is 2.00. The third kappa shape index (κ3) is 2.25. The molecule has 1 fully saturated rings. The zero-order valence-electron chi connectivity index (χ0n) is 8.98. The van der Waals surface area contributed by atoms with Crippen LogP contribution in [0.2, 0.25) is 0 Å². The van der Waals surface area contributed by atoms with Crippen LogP contribution in [0.1, 0.15) is 6.92 Å². The number of carbonyl (C=O) groups is 3. The predicted molar refractivity (Wildman–Crippen MR) is 57.4 cm³/mol. The molecule has 0 aliphatic carbocycles. The van der Waals surface area contributed by atoms with Gasteiger partial charge >= 0.3 is 0 Å². The number of rotatable bonds is 2. The van der Waals surface area contributed by atoms with E-state index in [1.165, 1.54) is 6.20 Å². The molecule has 0 saturated carbocycles. The van der Waals surface area contributed by atoms with Gasteiger partial charge in [0.25, 0.3) is 11.8 Å². The van der Waals surface area contributed by atoms with Crippen molar-refractivity contribution in [2.75, 3.05) is 0 Å². The Hall–Kier alpha value is -2.38. The van der Waals surface area contributed by atoms with Gasteiger partial charge < -0.3 is 21.3 Å². The van der Waals surface area contributed by atoms with Crippen LogP contribution in [0.15, 0.2) is 17.4 Å². The van der Waals surface area contributed by atoms with Gasteiger partial charge in [-0.2, -0.15) is 0 Å². The minimum absolute atomic E-state index is 0.333. The molecule has 8 nitrogen and oxygen atoms in total. The van der Waals surface area contributed by atoms with Crippen LogP contribution in [0.5, 0.6) is 0 Å². The quantitative estimate of drug-likeness (QED) is 0.398. The van der Waals surface area contributed by atoms with E-state index < -0.39 is 24.0 Å². The number of aliphatic imine (C=N–C) groups is 1. The standard InChI is InChI=1S/C9H11N5O3/c1-4(15)7(16)13-9-12-6-5(8(17)14-9)10-2-3-11-6/h2-3,5,9-10H,1H3,(H,11,12)(H,13,16)(H,14,17). The monoisotopic (exact) mass is 237 g/mol. The van der Waals surface area contributed by atoms with Crippen molar-refractivity contribution in [3.05, 3.63) is 12.4 Å². The molecular weight excluding hydrogens is 226 g/mol. The maximum Gasteiger partial charge on any atom is 0.290 e. The molecule has 2 amide bonds. The summed E-state index contributed by atoms with van der Waals surface area (Å²) in [6.07, 6.45) is 2.20. The summed E-state index contributed by atoms with van der Waals surface area (Å²) in [5.41, 5.74) is 0. The largest absolute Gasteiger partial charge is 0.372 e. The minimum atomic E-state index is -0.831. The van der Waals surface area contributed by atoms with E-state index in [2.05, 4.69) is 26.3 Å². The van der Waals surface area contributed by atoms with Crippen LogP contribution in [0.4, 0.5) is 0 Å². The molecule has 2 unspecified atom stereocenters. The molecule has 0 aromatic heterocycles. The second kappa shape index (κ2) is 4.24. The molecule has 2 atom stereocenters. The Kier molecular flexibility index (Phi) is 2.77. The normalized spacial score (nSPS) is 25.7. The maximum absolute atomic E-state index is 11.6. The molecule has 0 aromatic rings. The molecule has 2 rings (SSSR count). The topological polar surface area (TPSA) is 112 Å². The number of amidine groups is 1. The Labute approximate surface area is 96.5 Å². The van der Waals surface area contributed by atoms with Gasteiger partial charge in [0.15, 0.2) is 12.3 Å². The van der Waals surface area contributed by atoms with Crippen molar-refractivity contribution in [2.45, 2.75) is 19.3 Å². The van der Waals surface area contributed by atoms with Crippen LogP contribution in [-0.2, 0) is 14.4 Å². The lowest BCUT2D eigenvalue weighted by molar-refractivity contribution is -0.137. The van der Waals surface area contributed by atoms with E-state index in [1.54, 1.807) is 6.20 Å². The van der Waals surface area contributed by atoms with Crippen molar-refractivity contribution in [1.29, 1.82) is 0 Å². The number of Topliss-reactive ketones (excluding diaryl/α,β-unsaturated/α-hetero) is 1. The number of hydrogen-bond acceptors (Lipinski definition) is 6. The van der Waals surface area contributed by atoms with Gasteiger partial charge in [0.2, 0.25) is 5.78 Å². The maximum atomic E-state index is 11.6. The van der Waals surface area contributed by atoms with Crippen molar-refractivity contribution in [2.24, 2.45) is 4.99 Å². The number of ketones is 1. The lowest BCUT2D eigenvalue weighted by Crippen LogP contribution is -2.70. The second-order valence-electron chi connectivity index (χ2n) is 3.55. The van der Waals surface area contributed by atoms with E-state index in [0.717, 1.165) is 6.92 Å². The molecule has 2 heterocycles. The van der Waals surface area contributed by atoms with Gasteiger partial charge in [0.1, 0.15) is 5.84 Å². The van der Waals surface area contributed by atoms with Crippen LogP contribution >= 0.6 is 0 Å². The summed E-state index contributed by atoms with van der Waals surface area (Å²) in [5, 5.41) is 10.4. The Morgan fingerprint density at radius 3 is 2.88 bits per heavy atom. The number of amides is 2. The summed E-state index contributed by atoms with van der Waals surface area (Å²) in [4.78, 5) is 37.5. The van der Waals surface area contributed by atoms with E-state index in [0.29, 0.717) is 5.84 Å². The lowest BCUT2D eigenvalue weighted by Gasteiger charge is -2.33. The Balaban J connectivity index is 2.05. The van der Waals surface area contributed by atoms with E-state index in [1.807, 2.05) is 0 Å². The van der Waals surface area contributed by atoms with Crippen molar-refractivity contribution in [3.63, 3.8) is 0 Å². The molecule has 4 N–H and O–H groups in total. The summed E-state index contributed by atoms with van der Waals surface area (Å²) in [6.45, 7) is 1.14. The molecule has 2 aliphatic heterocycles. The first-order valence-corrected chi connectivity index (χ1v) is 4.95. The SMILES string of the molecule is CC(=O)C(=O)NC1NC(=O)C2NC=CN=C2N1. The Bertz CT molecular complexity index is 442. The van der Waals surface area contributed by atoms with Crippen molar-refractivity contribution >= 4 is 23.4 Å². The first-order valence-electron chi connectivity index (χ1n) is 4.95. The summed E-state index contributed by atoms with van der Waals surface area (Å²) in [6, 6.07) is -0.592. The lowest BCUT2D eigenvalue weighted by atomic mass is 10.2. The van der Waals surface area contributed by atoms with Gasteiger partial charge in [-0.15, -0.1) is 0 Å². The number of nitrogens with zero attached hydrogens (tertiary/aromatic N) is 1. The van der Waals surface area contributed by atoms with Gasteiger partial charge in [-0.05, 0) is 0 Å². The third-order valence-corrected chi connectivity index (χ3v) is 2.26. The number of nitrogens with one attached hydrogen (secondary N) is 4. The van der Waals surface area contributed by atoms with Crippen molar-refractivity contribution in [1.82, 2.24) is 21.3 Å². The van der Waals surface area contributed by atoms with E-state index in [-0.39, 0.29) is 5.91 Å². The highest BCUT2D eigenvalue weighted by molar-refractivity contribution is 6.35. The third-order valence-electron chi connectivity index (χ3n) is 2.26. The summed E-state index contributed by atoms with van der Waals surface area (Å²) in [5.74, 6) is -1.35. The fraction of sp³-hybridized carbons (Fsp3) is 0.333. The van der Waals surface area contributed by atoms with E-state index >= 15 is 0 Å². The Morgan fingerprint density at radius 2 is 2.18 bits per heavy atom. The molecule has 0 bridgehead atoms.